The molecule has 1 aliphatic carbocycles. The van der Waals surface area contributed by atoms with Crippen LogP contribution in [0.4, 0.5) is 0 Å². The van der Waals surface area contributed by atoms with Crippen molar-refractivity contribution in [1.29, 1.82) is 0 Å². The van der Waals surface area contributed by atoms with Crippen molar-refractivity contribution in [3.63, 3.8) is 0 Å². The van der Waals surface area contributed by atoms with Gasteiger partial charge in [-0.3, -0.25) is 14.4 Å². The van der Waals surface area contributed by atoms with E-state index in [1.54, 1.807) is 45.0 Å². The van der Waals surface area contributed by atoms with Crippen molar-refractivity contribution >= 4 is 28.7 Å². The fourth-order valence-corrected chi connectivity index (χ4v) is 4.88. The first-order valence-corrected chi connectivity index (χ1v) is 11.7. The normalized spacial score (nSPS) is 23.0. The first-order valence-electron chi connectivity index (χ1n) is 11.7. The molecule has 0 saturated carbocycles. The zero-order valence-corrected chi connectivity index (χ0v) is 20.5. The van der Waals surface area contributed by atoms with Crippen molar-refractivity contribution in [3.8, 4) is 0 Å². The molecule has 0 saturated heterocycles. The summed E-state index contributed by atoms with van der Waals surface area (Å²) < 4.78 is 16.3. The summed E-state index contributed by atoms with van der Waals surface area (Å²) in [5.74, 6) is -4.16. The van der Waals surface area contributed by atoms with Gasteiger partial charge in [-0.15, -0.1) is 0 Å². The summed E-state index contributed by atoms with van der Waals surface area (Å²) in [4.78, 5) is 53.3. The predicted octanol–water partition coefficient (Wildman–Crippen LogP) is 3.75. The van der Waals surface area contributed by atoms with Crippen molar-refractivity contribution in [1.82, 2.24) is 5.32 Å². The fourth-order valence-electron chi connectivity index (χ4n) is 4.88. The van der Waals surface area contributed by atoms with Crippen LogP contribution >= 0.6 is 0 Å². The molecule has 0 amide bonds. The number of para-hydroxylation sites is 1. The summed E-state index contributed by atoms with van der Waals surface area (Å²) in [5, 5.41) is 3.52. The van der Waals surface area contributed by atoms with Gasteiger partial charge in [-0.2, -0.15) is 0 Å². The van der Waals surface area contributed by atoms with Crippen LogP contribution in [0.25, 0.3) is 11.0 Å². The number of methoxy groups -OCH3 is 1. The van der Waals surface area contributed by atoms with Gasteiger partial charge in [-0.05, 0) is 44.7 Å². The number of ether oxygens (including phenoxy) is 2. The molecule has 2 aliphatic rings. The topological polar surface area (TPSA) is 112 Å². The smallest absolute Gasteiger partial charge is 0.337 e. The molecule has 0 radical (unpaired) electrons. The van der Waals surface area contributed by atoms with E-state index < -0.39 is 29.6 Å². The van der Waals surface area contributed by atoms with Gasteiger partial charge >= 0.3 is 11.9 Å². The molecule has 0 bridgehead atoms. The summed E-state index contributed by atoms with van der Waals surface area (Å²) >= 11 is 0. The van der Waals surface area contributed by atoms with Gasteiger partial charge in [0.05, 0.1) is 36.4 Å². The summed E-state index contributed by atoms with van der Waals surface area (Å²) in [6, 6.07) is 6.78. The number of hydrogen-bond acceptors (Lipinski definition) is 8. The number of esters is 2. The van der Waals surface area contributed by atoms with E-state index in [9.17, 15) is 19.2 Å². The third kappa shape index (κ3) is 4.17. The molecule has 4 rings (SSSR count). The van der Waals surface area contributed by atoms with Crippen LogP contribution in [0.2, 0.25) is 0 Å². The Labute approximate surface area is 203 Å². The van der Waals surface area contributed by atoms with Crippen molar-refractivity contribution in [2.24, 2.45) is 11.8 Å². The molecule has 1 aromatic carbocycles. The van der Waals surface area contributed by atoms with E-state index in [4.69, 9.17) is 13.9 Å². The van der Waals surface area contributed by atoms with Crippen LogP contribution in [0.15, 0.2) is 62.3 Å². The van der Waals surface area contributed by atoms with Gasteiger partial charge in [0.25, 0.3) is 0 Å². The minimum Gasteiger partial charge on any atom is -0.468 e. The predicted molar refractivity (Wildman–Crippen MR) is 128 cm³/mol. The van der Waals surface area contributed by atoms with E-state index >= 15 is 0 Å². The third-order valence-corrected chi connectivity index (χ3v) is 6.86. The van der Waals surface area contributed by atoms with Crippen LogP contribution in [0.5, 0.6) is 0 Å². The number of Topliss-reactive ketones (excluding diaryl/α,β-unsaturated/α-hetero) is 1. The Balaban J connectivity index is 1.95. The van der Waals surface area contributed by atoms with Gasteiger partial charge in [-0.1, -0.05) is 26.0 Å². The van der Waals surface area contributed by atoms with Crippen LogP contribution in [-0.4, -0.2) is 30.9 Å². The Hall–Kier alpha value is -3.68. The molecule has 0 unspecified atom stereocenters. The molecule has 1 N–H and O–H groups in total. The molecule has 184 valence electrons. The van der Waals surface area contributed by atoms with Crippen LogP contribution in [-0.2, 0) is 23.9 Å². The Morgan fingerprint density at radius 3 is 2.63 bits per heavy atom. The standard InChI is InChI=1S/C27H29NO7/c1-6-14(3)35-27(32)21-15(4)28-18-11-13(2)20(26(31)33-5)25(30)23(18)22(21)17-12-34-19-10-8-7-9-16(19)24(17)29/h7-10,12-14,20,22,28H,6,11H2,1-5H3/t13-,14+,20-,22+/m1/s1. The zero-order valence-electron chi connectivity index (χ0n) is 20.5. The molecular formula is C27H29NO7. The van der Waals surface area contributed by atoms with E-state index in [-0.39, 0.29) is 34.2 Å². The number of rotatable bonds is 5. The lowest BCUT2D eigenvalue weighted by Gasteiger charge is -2.38. The number of carbonyl (C=O) groups is 3. The number of nitrogens with one attached hydrogen (secondary N) is 1. The van der Waals surface area contributed by atoms with Gasteiger partial charge in [0.2, 0.25) is 0 Å². The highest BCUT2D eigenvalue weighted by molar-refractivity contribution is 6.12. The molecule has 1 aliphatic heterocycles. The Morgan fingerprint density at radius 1 is 1.23 bits per heavy atom. The lowest BCUT2D eigenvalue weighted by Crippen LogP contribution is -2.44. The number of dihydropyridines is 1. The highest BCUT2D eigenvalue weighted by Gasteiger charge is 2.48. The maximum Gasteiger partial charge on any atom is 0.337 e. The second kappa shape index (κ2) is 9.52. The first kappa shape index (κ1) is 24.4. The molecule has 1 aromatic heterocycles. The van der Waals surface area contributed by atoms with Crippen LogP contribution in [0.1, 0.15) is 52.0 Å². The largest absolute Gasteiger partial charge is 0.468 e. The maximum atomic E-state index is 13.8. The van der Waals surface area contributed by atoms with Crippen molar-refractivity contribution in [2.75, 3.05) is 7.11 Å². The van der Waals surface area contributed by atoms with Gasteiger partial charge < -0.3 is 19.2 Å². The van der Waals surface area contributed by atoms with E-state index in [0.717, 1.165) is 0 Å². The minimum absolute atomic E-state index is 0.139. The second-order valence-electron chi connectivity index (χ2n) is 9.18. The fraction of sp³-hybridized carbons (Fsp3) is 0.407. The SMILES string of the molecule is CC[C@H](C)OC(=O)C1=C(C)NC2=C(C(=O)[C@H](C(=O)OC)[C@H](C)C2)[C@H]1c1coc2ccccc2c1=O. The molecule has 4 atom stereocenters. The number of fused-ring (bicyclic) bond motifs is 1. The molecule has 2 heterocycles. The molecule has 0 fully saturated rings. The van der Waals surface area contributed by atoms with E-state index in [1.165, 1.54) is 13.4 Å². The second-order valence-corrected chi connectivity index (χ2v) is 9.18. The highest BCUT2D eigenvalue weighted by atomic mass is 16.5. The van der Waals surface area contributed by atoms with Gasteiger partial charge in [0.1, 0.15) is 11.5 Å². The van der Waals surface area contributed by atoms with Crippen LogP contribution in [0, 0.1) is 11.8 Å². The Kier molecular flexibility index (Phi) is 6.65. The van der Waals surface area contributed by atoms with E-state index in [0.29, 0.717) is 35.2 Å². The number of carbonyl (C=O) groups excluding carboxylic acids is 3. The van der Waals surface area contributed by atoms with E-state index in [2.05, 4.69) is 5.32 Å². The highest BCUT2D eigenvalue weighted by Crippen LogP contribution is 2.45. The molecule has 8 nitrogen and oxygen atoms in total. The number of ketones is 1. The van der Waals surface area contributed by atoms with Crippen molar-refractivity contribution < 1.29 is 28.3 Å². The third-order valence-electron chi connectivity index (χ3n) is 6.86. The van der Waals surface area contributed by atoms with Crippen LogP contribution < -0.4 is 10.7 Å². The average molecular weight is 480 g/mol. The summed E-state index contributed by atoms with van der Waals surface area (Å²) in [6.07, 6.45) is 1.91. The summed E-state index contributed by atoms with van der Waals surface area (Å²) in [6.45, 7) is 7.18. The molecule has 35 heavy (non-hydrogen) atoms. The van der Waals surface area contributed by atoms with Gasteiger partial charge in [0, 0.05) is 22.5 Å². The van der Waals surface area contributed by atoms with E-state index in [1.807, 2.05) is 6.92 Å². The molecule has 2 aromatic rings. The monoisotopic (exact) mass is 479 g/mol. The van der Waals surface area contributed by atoms with Crippen molar-refractivity contribution in [3.05, 3.63) is 68.9 Å². The lowest BCUT2D eigenvalue weighted by atomic mass is 9.69. The van der Waals surface area contributed by atoms with Crippen LogP contribution in [0.3, 0.4) is 0 Å². The molecule has 8 heteroatoms. The average Bonchev–Trinajstić information content (AvgIpc) is 2.83. The molecular weight excluding hydrogens is 450 g/mol. The first-order chi connectivity index (χ1) is 16.7. The number of benzene rings is 1. The Morgan fingerprint density at radius 2 is 1.94 bits per heavy atom. The zero-order chi connectivity index (χ0) is 25.4. The maximum absolute atomic E-state index is 13.8. The minimum atomic E-state index is -1.05. The quantitative estimate of drug-likeness (QED) is 0.510. The molecule has 0 spiro atoms. The number of allylic oxidation sites excluding steroid dienone is 3. The summed E-state index contributed by atoms with van der Waals surface area (Å²) in [7, 11) is 1.24. The van der Waals surface area contributed by atoms with Gasteiger partial charge in [0.15, 0.2) is 11.2 Å². The van der Waals surface area contributed by atoms with Crippen molar-refractivity contribution in [2.45, 2.75) is 52.6 Å². The van der Waals surface area contributed by atoms with Gasteiger partial charge in [-0.25, -0.2) is 4.79 Å². The number of hydrogen-bond donors (Lipinski definition) is 1. The summed E-state index contributed by atoms with van der Waals surface area (Å²) in [5.41, 5.74) is 1.60. The Bertz CT molecular complexity index is 1330. The lowest BCUT2D eigenvalue weighted by molar-refractivity contribution is -0.151.